The van der Waals surface area contributed by atoms with Crippen molar-refractivity contribution in [2.45, 2.75) is 32.6 Å². The monoisotopic (exact) mass is 537 g/mol. The fraction of sp³-hybridized carbons (Fsp3) is 0.281. The number of ether oxygens (including phenoxy) is 1. The van der Waals surface area contributed by atoms with Crippen LogP contribution in [0.4, 0.5) is 5.69 Å². The molecule has 4 aliphatic rings. The molecule has 4 atom stereocenters. The van der Waals surface area contributed by atoms with Crippen LogP contribution in [0.1, 0.15) is 48.5 Å². The average molecular weight is 538 g/mol. The van der Waals surface area contributed by atoms with Gasteiger partial charge < -0.3 is 9.84 Å². The molecule has 1 heterocycles. The number of methoxy groups -OCH3 is 1. The standard InChI is InChI=1S/C32H27NO7/c1-15-12-24(35)23-14-22-20(27(29(23)30(15)37)18-6-11-26(40-3)25(36)13-18)9-10-21-28(22)32(39)33(31(21)38)19-7-4-17(5-8-19)16(2)34/h4-9,11-13,21-22,27-28,36H,10,14H2,1-3H3/t21-,22+,27-,28-/m0/s1. The predicted octanol–water partition coefficient (Wildman–Crippen LogP) is 4.24. The van der Waals surface area contributed by atoms with Gasteiger partial charge in [0, 0.05) is 28.2 Å². The lowest BCUT2D eigenvalue weighted by Gasteiger charge is -2.42. The molecule has 8 heteroatoms. The van der Waals surface area contributed by atoms with E-state index in [9.17, 15) is 29.1 Å². The first kappa shape index (κ1) is 25.7. The average Bonchev–Trinajstić information content (AvgIpc) is 3.20. The van der Waals surface area contributed by atoms with E-state index in [0.29, 0.717) is 40.0 Å². The van der Waals surface area contributed by atoms with Crippen LogP contribution in [0.25, 0.3) is 0 Å². The van der Waals surface area contributed by atoms with Gasteiger partial charge in [-0.2, -0.15) is 0 Å². The Bertz CT molecular complexity index is 1620. The highest BCUT2D eigenvalue weighted by Gasteiger charge is 2.56. The molecule has 40 heavy (non-hydrogen) atoms. The van der Waals surface area contributed by atoms with Crippen LogP contribution < -0.4 is 9.64 Å². The van der Waals surface area contributed by atoms with E-state index < -0.39 is 23.7 Å². The van der Waals surface area contributed by atoms with Crippen LogP contribution in [0, 0.1) is 17.8 Å². The summed E-state index contributed by atoms with van der Waals surface area (Å²) in [4.78, 5) is 67.1. The second kappa shape index (κ2) is 9.26. The number of hydrogen-bond donors (Lipinski definition) is 1. The number of hydrogen-bond acceptors (Lipinski definition) is 7. The zero-order chi connectivity index (χ0) is 28.5. The zero-order valence-corrected chi connectivity index (χ0v) is 22.3. The van der Waals surface area contributed by atoms with Gasteiger partial charge in [-0.15, -0.1) is 0 Å². The minimum absolute atomic E-state index is 0.104. The summed E-state index contributed by atoms with van der Waals surface area (Å²) >= 11 is 0. The third-order valence-electron chi connectivity index (χ3n) is 8.63. The summed E-state index contributed by atoms with van der Waals surface area (Å²) in [5.41, 5.74) is 3.33. The number of phenols is 1. The van der Waals surface area contributed by atoms with Gasteiger partial charge in [0.15, 0.2) is 28.8 Å². The highest BCUT2D eigenvalue weighted by Crippen LogP contribution is 2.55. The largest absolute Gasteiger partial charge is 0.504 e. The van der Waals surface area contributed by atoms with E-state index in [1.807, 2.05) is 6.08 Å². The minimum Gasteiger partial charge on any atom is -0.504 e. The Morgan fingerprint density at radius 1 is 1.00 bits per heavy atom. The van der Waals surface area contributed by atoms with Gasteiger partial charge in [0.25, 0.3) is 0 Å². The lowest BCUT2D eigenvalue weighted by molar-refractivity contribution is -0.123. The summed E-state index contributed by atoms with van der Waals surface area (Å²) in [6, 6.07) is 11.3. The van der Waals surface area contributed by atoms with E-state index in [1.54, 1.807) is 43.3 Å². The van der Waals surface area contributed by atoms with Crippen molar-refractivity contribution in [1.29, 1.82) is 0 Å². The van der Waals surface area contributed by atoms with Gasteiger partial charge >= 0.3 is 0 Å². The smallest absolute Gasteiger partial charge is 0.238 e. The molecule has 0 aromatic heterocycles. The number of imide groups is 1. The fourth-order valence-corrected chi connectivity index (χ4v) is 6.73. The molecule has 2 amide bonds. The van der Waals surface area contributed by atoms with Crippen molar-refractivity contribution in [2.24, 2.45) is 17.8 Å². The first-order chi connectivity index (χ1) is 19.1. The topological polar surface area (TPSA) is 118 Å². The molecular formula is C32H27NO7. The summed E-state index contributed by atoms with van der Waals surface area (Å²) in [6.07, 6.45) is 3.75. The molecule has 2 aromatic rings. The summed E-state index contributed by atoms with van der Waals surface area (Å²) in [6.45, 7) is 3.06. The molecule has 0 bridgehead atoms. The lowest BCUT2D eigenvalue weighted by atomic mass is 9.59. The van der Waals surface area contributed by atoms with E-state index in [0.717, 1.165) is 5.57 Å². The van der Waals surface area contributed by atoms with Crippen LogP contribution in [-0.4, -0.2) is 41.4 Å². The maximum absolute atomic E-state index is 13.9. The van der Waals surface area contributed by atoms with Crippen LogP contribution in [0.5, 0.6) is 11.5 Å². The Kier molecular flexibility index (Phi) is 5.94. The number of ketones is 3. The van der Waals surface area contributed by atoms with Crippen molar-refractivity contribution >= 4 is 34.9 Å². The van der Waals surface area contributed by atoms with E-state index in [1.165, 1.54) is 31.1 Å². The molecule has 0 saturated carbocycles. The summed E-state index contributed by atoms with van der Waals surface area (Å²) in [7, 11) is 1.44. The molecule has 1 fully saturated rings. The number of allylic oxidation sites excluding steroid dienone is 6. The Labute approximate surface area is 230 Å². The Morgan fingerprint density at radius 2 is 1.73 bits per heavy atom. The number of phenolic OH excluding ortho intramolecular Hbond substituents is 1. The number of fused-ring (bicyclic) bond motifs is 3. The maximum Gasteiger partial charge on any atom is 0.238 e. The number of anilines is 1. The quantitative estimate of drug-likeness (QED) is 0.268. The van der Waals surface area contributed by atoms with Crippen molar-refractivity contribution in [3.63, 3.8) is 0 Å². The number of Topliss-reactive ketones (excluding diaryl/α,β-unsaturated/α-hetero) is 2. The molecule has 3 aliphatic carbocycles. The van der Waals surface area contributed by atoms with Gasteiger partial charge in [-0.05, 0) is 80.6 Å². The van der Waals surface area contributed by atoms with Crippen LogP contribution in [0.2, 0.25) is 0 Å². The molecule has 1 N–H and O–H groups in total. The van der Waals surface area contributed by atoms with Gasteiger partial charge in [-0.1, -0.05) is 17.7 Å². The third kappa shape index (κ3) is 3.70. The number of carbonyl (C=O) groups excluding carboxylic acids is 5. The highest BCUT2D eigenvalue weighted by molar-refractivity contribution is 6.25. The van der Waals surface area contributed by atoms with Gasteiger partial charge in [0.2, 0.25) is 11.8 Å². The number of amides is 2. The number of aromatic hydroxyl groups is 1. The molecule has 202 valence electrons. The number of carbonyl (C=O) groups is 5. The van der Waals surface area contributed by atoms with E-state index >= 15 is 0 Å². The van der Waals surface area contributed by atoms with E-state index in [-0.39, 0.29) is 47.1 Å². The molecule has 0 unspecified atom stereocenters. The highest BCUT2D eigenvalue weighted by atomic mass is 16.5. The molecule has 8 nitrogen and oxygen atoms in total. The van der Waals surface area contributed by atoms with Crippen LogP contribution in [0.15, 0.2) is 76.9 Å². The zero-order valence-electron chi connectivity index (χ0n) is 22.3. The Hall–Kier alpha value is -4.59. The first-order valence-electron chi connectivity index (χ1n) is 13.2. The summed E-state index contributed by atoms with van der Waals surface area (Å²) in [5, 5.41) is 10.6. The normalized spacial score (nSPS) is 25.7. The fourth-order valence-electron chi connectivity index (χ4n) is 6.73. The molecule has 0 radical (unpaired) electrons. The number of nitrogens with zero attached hydrogens (tertiary/aromatic N) is 1. The lowest BCUT2D eigenvalue weighted by Crippen LogP contribution is -2.39. The van der Waals surface area contributed by atoms with E-state index in [2.05, 4.69) is 0 Å². The second-order valence-corrected chi connectivity index (χ2v) is 10.8. The molecule has 1 aliphatic heterocycles. The number of rotatable bonds is 4. The minimum atomic E-state index is -0.710. The van der Waals surface area contributed by atoms with Crippen molar-refractivity contribution < 1.29 is 33.8 Å². The molecule has 0 spiro atoms. The number of benzene rings is 2. The third-order valence-corrected chi connectivity index (χ3v) is 8.63. The molecule has 6 rings (SSSR count). The van der Waals surface area contributed by atoms with Gasteiger partial charge in [-0.25, -0.2) is 0 Å². The van der Waals surface area contributed by atoms with Gasteiger partial charge in [-0.3, -0.25) is 28.9 Å². The van der Waals surface area contributed by atoms with Crippen molar-refractivity contribution in [3.05, 3.63) is 88.0 Å². The first-order valence-corrected chi connectivity index (χ1v) is 13.2. The van der Waals surface area contributed by atoms with Crippen molar-refractivity contribution in [1.82, 2.24) is 0 Å². The van der Waals surface area contributed by atoms with Crippen LogP contribution in [0.3, 0.4) is 0 Å². The van der Waals surface area contributed by atoms with Gasteiger partial charge in [0.05, 0.1) is 24.6 Å². The molecular weight excluding hydrogens is 510 g/mol. The molecule has 1 saturated heterocycles. The Balaban J connectivity index is 1.45. The maximum atomic E-state index is 13.9. The van der Waals surface area contributed by atoms with Crippen LogP contribution in [-0.2, 0) is 19.2 Å². The molecule has 2 aromatic carbocycles. The SMILES string of the molecule is COc1ccc([C@H]2C3=CC[C@@H]4C(=O)N(c5ccc(C(C)=O)cc5)C(=O)[C@@H]4[C@@H]3CC3=C2C(=O)C(C)=CC3=O)cc1O. The van der Waals surface area contributed by atoms with Crippen LogP contribution >= 0.6 is 0 Å². The summed E-state index contributed by atoms with van der Waals surface area (Å²) < 4.78 is 5.20. The Morgan fingerprint density at radius 3 is 2.38 bits per heavy atom. The predicted molar refractivity (Wildman–Crippen MR) is 145 cm³/mol. The van der Waals surface area contributed by atoms with Crippen molar-refractivity contribution in [2.75, 3.05) is 12.0 Å². The second-order valence-electron chi connectivity index (χ2n) is 10.8. The van der Waals surface area contributed by atoms with Crippen molar-refractivity contribution in [3.8, 4) is 11.5 Å². The summed E-state index contributed by atoms with van der Waals surface area (Å²) in [5.74, 6) is -3.59. The van der Waals surface area contributed by atoms with E-state index in [4.69, 9.17) is 4.74 Å². The van der Waals surface area contributed by atoms with Gasteiger partial charge in [0.1, 0.15) is 0 Å².